The number of hydrogen-bond donors (Lipinski definition) is 2. The number of nitrogens with one attached hydrogen (secondary N) is 1. The predicted octanol–water partition coefficient (Wildman–Crippen LogP) is 2.55. The van der Waals surface area contributed by atoms with E-state index in [-0.39, 0.29) is 5.56 Å². The molecule has 0 aliphatic rings. The maximum absolute atomic E-state index is 10.7. The van der Waals surface area contributed by atoms with E-state index in [1.165, 1.54) is 11.3 Å². The molecule has 4 nitrogen and oxygen atoms in total. The molecule has 2 N–H and O–H groups in total. The standard InChI is InChI=1S/C11H10N2O2S/c1-12-11-13-9(6-16-11)7-2-4-8(5-3-7)10(14)15/h2-6H,1H3,(H,12,13)(H,14,15). The molecule has 0 saturated heterocycles. The van der Waals surface area contributed by atoms with Gasteiger partial charge in [0.2, 0.25) is 0 Å². The first-order chi connectivity index (χ1) is 7.70. The van der Waals surface area contributed by atoms with Gasteiger partial charge in [0, 0.05) is 18.0 Å². The van der Waals surface area contributed by atoms with Gasteiger partial charge in [-0.05, 0) is 12.1 Å². The summed E-state index contributed by atoms with van der Waals surface area (Å²) in [6.07, 6.45) is 0. The Hall–Kier alpha value is -1.88. The fraction of sp³-hybridized carbons (Fsp3) is 0.0909. The van der Waals surface area contributed by atoms with Crippen molar-refractivity contribution >= 4 is 22.4 Å². The van der Waals surface area contributed by atoms with Gasteiger partial charge in [0.1, 0.15) is 0 Å². The van der Waals surface area contributed by atoms with E-state index in [4.69, 9.17) is 5.11 Å². The zero-order valence-electron chi connectivity index (χ0n) is 8.60. The number of benzene rings is 1. The fourth-order valence-corrected chi connectivity index (χ4v) is 1.99. The molecule has 0 bridgehead atoms. The first-order valence-electron chi connectivity index (χ1n) is 4.67. The molecule has 1 aromatic carbocycles. The molecule has 16 heavy (non-hydrogen) atoms. The first-order valence-corrected chi connectivity index (χ1v) is 5.55. The largest absolute Gasteiger partial charge is 0.478 e. The Morgan fingerprint density at radius 1 is 1.38 bits per heavy atom. The van der Waals surface area contributed by atoms with Crippen LogP contribution in [0.1, 0.15) is 10.4 Å². The number of rotatable bonds is 3. The van der Waals surface area contributed by atoms with Crippen molar-refractivity contribution < 1.29 is 9.90 Å². The van der Waals surface area contributed by atoms with Crippen molar-refractivity contribution in [3.05, 3.63) is 35.2 Å². The highest BCUT2D eigenvalue weighted by Gasteiger charge is 2.05. The van der Waals surface area contributed by atoms with E-state index in [1.54, 1.807) is 24.3 Å². The molecule has 82 valence electrons. The van der Waals surface area contributed by atoms with E-state index in [2.05, 4.69) is 10.3 Å². The smallest absolute Gasteiger partial charge is 0.335 e. The average molecular weight is 234 g/mol. The minimum Gasteiger partial charge on any atom is -0.478 e. The van der Waals surface area contributed by atoms with Crippen LogP contribution < -0.4 is 5.32 Å². The second kappa shape index (κ2) is 4.32. The van der Waals surface area contributed by atoms with Crippen LogP contribution >= 0.6 is 11.3 Å². The second-order valence-electron chi connectivity index (χ2n) is 3.17. The van der Waals surface area contributed by atoms with Crippen LogP contribution in [0, 0.1) is 0 Å². The lowest BCUT2D eigenvalue weighted by Gasteiger charge is -1.97. The van der Waals surface area contributed by atoms with Gasteiger partial charge >= 0.3 is 5.97 Å². The van der Waals surface area contributed by atoms with E-state index >= 15 is 0 Å². The van der Waals surface area contributed by atoms with Crippen molar-refractivity contribution in [3.8, 4) is 11.3 Å². The first kappa shape index (κ1) is 10.6. The Kier molecular flexibility index (Phi) is 2.87. The zero-order chi connectivity index (χ0) is 11.5. The van der Waals surface area contributed by atoms with Crippen molar-refractivity contribution in [1.29, 1.82) is 0 Å². The molecule has 0 radical (unpaired) electrons. The minimum atomic E-state index is -0.916. The van der Waals surface area contributed by atoms with Crippen LogP contribution in [-0.2, 0) is 0 Å². The van der Waals surface area contributed by atoms with Crippen LogP contribution in [0.25, 0.3) is 11.3 Å². The number of carboxylic acid groups (broad SMARTS) is 1. The molecule has 0 spiro atoms. The molecule has 0 fully saturated rings. The van der Waals surface area contributed by atoms with E-state index in [0.29, 0.717) is 0 Å². The summed E-state index contributed by atoms with van der Waals surface area (Å²) in [7, 11) is 1.82. The van der Waals surface area contributed by atoms with Gasteiger partial charge < -0.3 is 10.4 Å². The van der Waals surface area contributed by atoms with Crippen molar-refractivity contribution in [2.45, 2.75) is 0 Å². The summed E-state index contributed by atoms with van der Waals surface area (Å²) >= 11 is 1.52. The molecule has 1 heterocycles. The van der Waals surface area contributed by atoms with Gasteiger partial charge in [0.25, 0.3) is 0 Å². The van der Waals surface area contributed by atoms with Gasteiger partial charge in [-0.15, -0.1) is 11.3 Å². The monoisotopic (exact) mass is 234 g/mol. The van der Waals surface area contributed by atoms with Crippen LogP contribution in [0.4, 0.5) is 5.13 Å². The number of carboxylic acids is 1. The van der Waals surface area contributed by atoms with Crippen LogP contribution in [0.3, 0.4) is 0 Å². The average Bonchev–Trinajstić information content (AvgIpc) is 2.77. The van der Waals surface area contributed by atoms with E-state index < -0.39 is 5.97 Å². The maximum atomic E-state index is 10.7. The maximum Gasteiger partial charge on any atom is 0.335 e. The summed E-state index contributed by atoms with van der Waals surface area (Å²) < 4.78 is 0. The lowest BCUT2D eigenvalue weighted by Crippen LogP contribution is -1.95. The molecule has 0 aliphatic carbocycles. The Balaban J connectivity index is 2.30. The van der Waals surface area contributed by atoms with Gasteiger partial charge in [0.05, 0.1) is 11.3 Å². The van der Waals surface area contributed by atoms with Crippen LogP contribution in [0.5, 0.6) is 0 Å². The molecule has 5 heteroatoms. The highest BCUT2D eigenvalue weighted by atomic mass is 32.1. The summed E-state index contributed by atoms with van der Waals surface area (Å²) in [5.41, 5.74) is 2.06. The van der Waals surface area contributed by atoms with E-state index in [0.717, 1.165) is 16.4 Å². The number of aromatic nitrogens is 1. The molecule has 0 saturated carbocycles. The Bertz CT molecular complexity index is 505. The number of aromatic carboxylic acids is 1. The Morgan fingerprint density at radius 2 is 2.06 bits per heavy atom. The molecule has 0 aliphatic heterocycles. The topological polar surface area (TPSA) is 62.2 Å². The quantitative estimate of drug-likeness (QED) is 0.856. The minimum absolute atomic E-state index is 0.285. The summed E-state index contributed by atoms with van der Waals surface area (Å²) in [5, 5.41) is 14.5. The van der Waals surface area contributed by atoms with Gasteiger partial charge in [0.15, 0.2) is 5.13 Å². The highest BCUT2D eigenvalue weighted by molar-refractivity contribution is 7.14. The molecule has 0 unspecified atom stereocenters. The second-order valence-corrected chi connectivity index (χ2v) is 4.03. The molecule has 2 aromatic rings. The lowest BCUT2D eigenvalue weighted by molar-refractivity contribution is 0.0697. The van der Waals surface area contributed by atoms with E-state index in [1.807, 2.05) is 12.4 Å². The molecular weight excluding hydrogens is 224 g/mol. The molecular formula is C11H10N2O2S. The SMILES string of the molecule is CNc1nc(-c2ccc(C(=O)O)cc2)cs1. The number of nitrogens with zero attached hydrogens (tertiary/aromatic N) is 1. The van der Waals surface area contributed by atoms with Crippen LogP contribution in [0.15, 0.2) is 29.6 Å². The fourth-order valence-electron chi connectivity index (χ4n) is 1.30. The zero-order valence-corrected chi connectivity index (χ0v) is 9.41. The normalized spacial score (nSPS) is 10.1. The third kappa shape index (κ3) is 2.04. The number of carbonyl (C=O) groups is 1. The van der Waals surface area contributed by atoms with Crippen molar-refractivity contribution in [2.75, 3.05) is 12.4 Å². The van der Waals surface area contributed by atoms with Crippen molar-refractivity contribution in [2.24, 2.45) is 0 Å². The summed E-state index contributed by atoms with van der Waals surface area (Å²) in [5.74, 6) is -0.916. The highest BCUT2D eigenvalue weighted by Crippen LogP contribution is 2.24. The third-order valence-electron chi connectivity index (χ3n) is 2.15. The number of anilines is 1. The van der Waals surface area contributed by atoms with Gasteiger partial charge in [-0.2, -0.15) is 0 Å². The van der Waals surface area contributed by atoms with Gasteiger partial charge in [-0.1, -0.05) is 12.1 Å². The lowest BCUT2D eigenvalue weighted by atomic mass is 10.1. The molecule has 0 amide bonds. The van der Waals surface area contributed by atoms with Gasteiger partial charge in [-0.3, -0.25) is 0 Å². The summed E-state index contributed by atoms with van der Waals surface area (Å²) in [4.78, 5) is 15.0. The van der Waals surface area contributed by atoms with Crippen LogP contribution in [0.2, 0.25) is 0 Å². The van der Waals surface area contributed by atoms with Crippen LogP contribution in [-0.4, -0.2) is 23.1 Å². The third-order valence-corrected chi connectivity index (χ3v) is 3.01. The Labute approximate surface area is 96.6 Å². The predicted molar refractivity (Wildman–Crippen MR) is 64.1 cm³/mol. The molecule has 1 aromatic heterocycles. The number of hydrogen-bond acceptors (Lipinski definition) is 4. The molecule has 0 atom stereocenters. The van der Waals surface area contributed by atoms with Gasteiger partial charge in [-0.25, -0.2) is 9.78 Å². The van der Waals surface area contributed by atoms with Crippen molar-refractivity contribution in [3.63, 3.8) is 0 Å². The molecule has 2 rings (SSSR count). The van der Waals surface area contributed by atoms with Crippen molar-refractivity contribution in [1.82, 2.24) is 4.98 Å². The van der Waals surface area contributed by atoms with E-state index in [9.17, 15) is 4.79 Å². The summed E-state index contributed by atoms with van der Waals surface area (Å²) in [6, 6.07) is 6.68. The number of thiazole rings is 1. The summed E-state index contributed by atoms with van der Waals surface area (Å²) in [6.45, 7) is 0. The Morgan fingerprint density at radius 3 is 2.56 bits per heavy atom.